The van der Waals surface area contributed by atoms with E-state index < -0.39 is 87.9 Å². The Balaban J connectivity index is 1.51. The first-order valence-corrected chi connectivity index (χ1v) is 13.1. The molecular weight excluding hydrogens is 552 g/mol. The van der Waals surface area contributed by atoms with Crippen molar-refractivity contribution in [1.82, 2.24) is 0 Å². The van der Waals surface area contributed by atoms with Crippen molar-refractivity contribution in [3.8, 4) is 0 Å². The van der Waals surface area contributed by atoms with Crippen molar-refractivity contribution in [2.24, 2.45) is 23.7 Å². The molecule has 3 fully saturated rings. The van der Waals surface area contributed by atoms with E-state index in [1.807, 2.05) is 0 Å². The van der Waals surface area contributed by atoms with Crippen LogP contribution < -0.4 is 0 Å². The Kier molecular flexibility index (Phi) is 9.60. The van der Waals surface area contributed by atoms with Gasteiger partial charge in [0.25, 0.3) is 0 Å². The summed E-state index contributed by atoms with van der Waals surface area (Å²) >= 11 is 0. The second-order valence-electron chi connectivity index (χ2n) is 9.05. The molecular formula is C21H28F4O12S. The topological polar surface area (TPSA) is 161 Å². The molecule has 0 aromatic rings. The van der Waals surface area contributed by atoms with E-state index in [9.17, 15) is 40.4 Å². The van der Waals surface area contributed by atoms with Crippen molar-refractivity contribution < 1.29 is 73.3 Å². The molecule has 3 rings (SSSR count). The second kappa shape index (κ2) is 12.0. The minimum atomic E-state index is -6.45. The minimum absolute atomic E-state index is 0.0404. The number of rotatable bonds is 16. The highest BCUT2D eigenvalue weighted by atomic mass is 32.2. The zero-order valence-corrected chi connectivity index (χ0v) is 21.0. The summed E-state index contributed by atoms with van der Waals surface area (Å²) in [5, 5.41) is -5.82. The molecule has 3 aliphatic rings. The van der Waals surface area contributed by atoms with E-state index in [4.69, 9.17) is 33.0 Å². The average molecular weight is 581 g/mol. The van der Waals surface area contributed by atoms with E-state index in [1.165, 1.54) is 7.11 Å². The van der Waals surface area contributed by atoms with Gasteiger partial charge in [0.05, 0.1) is 51.3 Å². The third-order valence-corrected chi connectivity index (χ3v) is 7.70. The first-order chi connectivity index (χ1) is 17.7. The zero-order valence-electron chi connectivity index (χ0n) is 20.2. The Morgan fingerprint density at radius 1 is 1.03 bits per heavy atom. The van der Waals surface area contributed by atoms with Crippen LogP contribution in [0.4, 0.5) is 17.6 Å². The largest absolute Gasteiger partial charge is 0.463 e. The van der Waals surface area contributed by atoms with Crippen LogP contribution in [0.5, 0.6) is 0 Å². The van der Waals surface area contributed by atoms with Gasteiger partial charge in [0.15, 0.2) is 0 Å². The lowest BCUT2D eigenvalue weighted by Gasteiger charge is -2.30. The first-order valence-electron chi connectivity index (χ1n) is 11.7. The standard InChI is InChI=1S/C21H28F4O12S/c1-32-4-5-33-6-7-34-8-9-35-18(27)14-11-10-12-15(14)19(28)37-17(12)16(11)36-13(26)2-3-20(22,23)21(24,25)38(29,30)31/h11-12,14-17H,2-10H2,1H3,(H,29,30,31). The molecule has 1 saturated heterocycles. The fraction of sp³-hybridized carbons (Fsp3) is 0.857. The number of hydrogen-bond donors (Lipinski definition) is 1. The van der Waals surface area contributed by atoms with E-state index in [0.717, 1.165) is 0 Å². The average Bonchev–Trinajstić information content (AvgIpc) is 3.45. The van der Waals surface area contributed by atoms with Crippen LogP contribution in [0.2, 0.25) is 0 Å². The number of halogens is 4. The Morgan fingerprint density at radius 2 is 1.63 bits per heavy atom. The van der Waals surface area contributed by atoms with E-state index in [2.05, 4.69) is 0 Å². The number of alkyl halides is 4. The van der Waals surface area contributed by atoms with Gasteiger partial charge < -0.3 is 28.4 Å². The Hall–Kier alpha value is -2.08. The van der Waals surface area contributed by atoms with Crippen molar-refractivity contribution in [2.75, 3.05) is 46.8 Å². The fourth-order valence-corrected chi connectivity index (χ4v) is 5.51. The highest BCUT2D eigenvalue weighted by Gasteiger charge is 2.70. The summed E-state index contributed by atoms with van der Waals surface area (Å²) in [4.78, 5) is 37.3. The van der Waals surface area contributed by atoms with Crippen LogP contribution >= 0.6 is 0 Å². The molecule has 2 saturated carbocycles. The quantitative estimate of drug-likeness (QED) is 0.0901. The van der Waals surface area contributed by atoms with Crippen molar-refractivity contribution in [2.45, 2.75) is 42.6 Å². The fourth-order valence-electron chi connectivity index (χ4n) is 5.03. The lowest BCUT2D eigenvalue weighted by atomic mass is 9.78. The van der Waals surface area contributed by atoms with Crippen LogP contribution in [-0.4, -0.2) is 101 Å². The number of esters is 3. The van der Waals surface area contributed by atoms with Gasteiger partial charge in [-0.25, -0.2) is 0 Å². The first kappa shape index (κ1) is 30.5. The maximum absolute atomic E-state index is 13.7. The number of ether oxygens (including phenoxy) is 6. The van der Waals surface area contributed by atoms with E-state index in [-0.39, 0.29) is 26.2 Å². The van der Waals surface area contributed by atoms with Crippen LogP contribution in [0.25, 0.3) is 0 Å². The summed E-state index contributed by atoms with van der Waals surface area (Å²) in [6.07, 6.45) is -5.19. The SMILES string of the molecule is COCCOCCOCCOC(=O)C1C2CC3C(OC(=O)C31)C2OC(=O)CCC(F)(F)C(F)(F)S(=O)(=O)O. The summed E-state index contributed by atoms with van der Waals surface area (Å²) < 4.78 is 115. The summed E-state index contributed by atoms with van der Waals surface area (Å²) in [5.41, 5.74) is 0. The van der Waals surface area contributed by atoms with Crippen LogP contribution in [-0.2, 0) is 52.9 Å². The van der Waals surface area contributed by atoms with Crippen LogP contribution in [0, 0.1) is 23.7 Å². The van der Waals surface area contributed by atoms with Crippen LogP contribution in [0.3, 0.4) is 0 Å². The molecule has 2 aliphatic carbocycles. The molecule has 6 unspecified atom stereocenters. The van der Waals surface area contributed by atoms with Crippen molar-refractivity contribution in [3.63, 3.8) is 0 Å². The van der Waals surface area contributed by atoms with Crippen LogP contribution in [0.15, 0.2) is 0 Å². The third-order valence-electron chi connectivity index (χ3n) is 6.75. The van der Waals surface area contributed by atoms with Gasteiger partial charge in [0.1, 0.15) is 18.8 Å². The van der Waals surface area contributed by atoms with E-state index in [1.54, 1.807) is 0 Å². The summed E-state index contributed by atoms with van der Waals surface area (Å²) in [5.74, 6) is -11.2. The Bertz CT molecular complexity index is 991. The molecule has 0 aromatic heterocycles. The molecule has 2 bridgehead atoms. The Labute approximate surface area is 214 Å². The van der Waals surface area contributed by atoms with Gasteiger partial charge >= 0.3 is 39.2 Å². The molecule has 6 atom stereocenters. The normalized spacial score (nSPS) is 28.4. The highest BCUT2D eigenvalue weighted by molar-refractivity contribution is 7.87. The second-order valence-corrected chi connectivity index (χ2v) is 10.5. The van der Waals surface area contributed by atoms with E-state index >= 15 is 0 Å². The van der Waals surface area contributed by atoms with E-state index in [0.29, 0.717) is 19.8 Å². The smallest absolute Gasteiger partial charge is 0.431 e. The van der Waals surface area contributed by atoms with Gasteiger partial charge in [0, 0.05) is 25.4 Å². The molecule has 1 aliphatic heterocycles. The van der Waals surface area contributed by atoms with Crippen LogP contribution in [0.1, 0.15) is 19.3 Å². The molecule has 0 amide bonds. The number of methoxy groups -OCH3 is 1. The van der Waals surface area contributed by atoms with Gasteiger partial charge in [-0.3, -0.25) is 18.9 Å². The lowest BCUT2D eigenvalue weighted by Crippen LogP contribution is -2.47. The maximum Gasteiger partial charge on any atom is 0.431 e. The zero-order chi connectivity index (χ0) is 28.3. The van der Waals surface area contributed by atoms with Gasteiger partial charge in [0.2, 0.25) is 0 Å². The molecule has 1 N–H and O–H groups in total. The molecule has 38 heavy (non-hydrogen) atoms. The van der Waals surface area contributed by atoms with Gasteiger partial charge in [-0.2, -0.15) is 26.0 Å². The molecule has 0 spiro atoms. The molecule has 1 heterocycles. The number of carbonyl (C=O) groups is 3. The molecule has 0 aromatic carbocycles. The number of hydrogen-bond acceptors (Lipinski definition) is 11. The summed E-state index contributed by atoms with van der Waals surface area (Å²) in [6.45, 7) is 1.25. The third kappa shape index (κ3) is 6.21. The molecule has 0 radical (unpaired) electrons. The van der Waals surface area contributed by atoms with Gasteiger partial charge in [-0.1, -0.05) is 0 Å². The van der Waals surface area contributed by atoms with Crippen molar-refractivity contribution >= 4 is 28.0 Å². The predicted molar refractivity (Wildman–Crippen MR) is 113 cm³/mol. The summed E-state index contributed by atoms with van der Waals surface area (Å²) in [6, 6.07) is 0. The molecule has 12 nitrogen and oxygen atoms in total. The predicted octanol–water partition coefficient (Wildman–Crippen LogP) is 0.825. The monoisotopic (exact) mass is 580 g/mol. The number of fused-ring (bicyclic) bond motifs is 1. The summed E-state index contributed by atoms with van der Waals surface area (Å²) in [7, 11) is -4.92. The number of carbonyl (C=O) groups excluding carboxylic acids is 3. The van der Waals surface area contributed by atoms with Gasteiger partial charge in [-0.05, 0) is 6.42 Å². The Morgan fingerprint density at radius 3 is 2.24 bits per heavy atom. The molecule has 17 heteroatoms. The van der Waals surface area contributed by atoms with Gasteiger partial charge in [-0.15, -0.1) is 0 Å². The minimum Gasteiger partial charge on any atom is -0.463 e. The highest BCUT2D eigenvalue weighted by Crippen LogP contribution is 2.59. The lowest BCUT2D eigenvalue weighted by molar-refractivity contribution is -0.178. The van der Waals surface area contributed by atoms with Crippen molar-refractivity contribution in [1.29, 1.82) is 0 Å². The van der Waals surface area contributed by atoms with Crippen molar-refractivity contribution in [3.05, 3.63) is 0 Å². The molecule has 218 valence electrons. The maximum atomic E-state index is 13.7.